The molecule has 0 aliphatic rings. The summed E-state index contributed by atoms with van der Waals surface area (Å²) in [6.07, 6.45) is -0.130. The van der Waals surface area contributed by atoms with Crippen molar-refractivity contribution in [2.75, 3.05) is 0 Å². The van der Waals surface area contributed by atoms with E-state index in [1.165, 1.54) is 6.92 Å². The van der Waals surface area contributed by atoms with Crippen molar-refractivity contribution in [2.45, 2.75) is 17.4 Å². The Kier molecular flexibility index (Phi) is 6.02. The van der Waals surface area contributed by atoms with E-state index in [0.717, 1.165) is 0 Å². The zero-order valence-corrected chi connectivity index (χ0v) is 8.33. The van der Waals surface area contributed by atoms with Crippen molar-refractivity contribution in [2.24, 2.45) is 0 Å². The lowest BCUT2D eigenvalue weighted by Crippen LogP contribution is -2.29. The molecule has 0 spiro atoms. The van der Waals surface area contributed by atoms with Crippen LogP contribution in [0.15, 0.2) is 0 Å². The van der Waals surface area contributed by atoms with Crippen molar-refractivity contribution in [3.05, 3.63) is 0 Å². The van der Waals surface area contributed by atoms with E-state index < -0.39 is 46.8 Å². The standard InChI is InChI=1S/C4H5F3O2S3/c1-2-4(10-5,11-6)3(8)9-12-7/h2H2,1H3. The van der Waals surface area contributed by atoms with E-state index in [-0.39, 0.29) is 6.42 Å². The fourth-order valence-electron chi connectivity index (χ4n) is 0.420. The second-order valence-electron chi connectivity index (χ2n) is 1.69. The number of halogens is 3. The van der Waals surface area contributed by atoms with Crippen LogP contribution in [0.1, 0.15) is 13.3 Å². The van der Waals surface area contributed by atoms with Gasteiger partial charge in [-0.15, -0.1) is 3.89 Å². The Morgan fingerprint density at radius 2 is 1.92 bits per heavy atom. The van der Waals surface area contributed by atoms with Crippen LogP contribution in [0.3, 0.4) is 0 Å². The molecule has 8 heteroatoms. The van der Waals surface area contributed by atoms with E-state index in [0.29, 0.717) is 0 Å². The lowest BCUT2D eigenvalue weighted by Gasteiger charge is -2.17. The topological polar surface area (TPSA) is 26.3 Å². The molecule has 0 aliphatic carbocycles. The maximum atomic E-state index is 12.1. The molecule has 0 heterocycles. The molecule has 0 aromatic carbocycles. The molecule has 0 bridgehead atoms. The van der Waals surface area contributed by atoms with Crippen LogP contribution in [-0.2, 0) is 8.98 Å². The van der Waals surface area contributed by atoms with E-state index in [1.54, 1.807) is 0 Å². The Hall–Kier alpha value is 0.310. The first-order valence-corrected chi connectivity index (χ1v) is 4.83. The summed E-state index contributed by atoms with van der Waals surface area (Å²) in [5, 5.41) is 0. The number of carbonyl (C=O) groups excluding carboxylic acids is 1. The normalized spacial score (nSPS) is 11.3. The Labute approximate surface area is 81.1 Å². The molecule has 2 nitrogen and oxygen atoms in total. The smallest absolute Gasteiger partial charge is 0.352 e. The first-order valence-electron chi connectivity index (χ1n) is 2.76. The van der Waals surface area contributed by atoms with Crippen molar-refractivity contribution < 1.29 is 20.6 Å². The van der Waals surface area contributed by atoms with Crippen LogP contribution in [0.4, 0.5) is 11.7 Å². The minimum atomic E-state index is -1.99. The average Bonchev–Trinajstić information content (AvgIpc) is 2.09. The van der Waals surface area contributed by atoms with Crippen molar-refractivity contribution in [1.29, 1.82) is 0 Å². The quantitative estimate of drug-likeness (QED) is 0.540. The maximum absolute atomic E-state index is 12.1. The van der Waals surface area contributed by atoms with E-state index in [4.69, 9.17) is 0 Å². The SMILES string of the molecule is CCC(SF)(SF)C(=O)OSF. The van der Waals surface area contributed by atoms with Gasteiger partial charge in [0.05, 0.1) is 24.3 Å². The van der Waals surface area contributed by atoms with Crippen LogP contribution in [-0.4, -0.2) is 10.0 Å². The highest BCUT2D eigenvalue weighted by Gasteiger charge is 2.43. The summed E-state index contributed by atoms with van der Waals surface area (Å²) in [4.78, 5) is 10.8. The zero-order chi connectivity index (χ0) is 9.61. The monoisotopic (exact) mass is 238 g/mol. The lowest BCUT2D eigenvalue weighted by atomic mass is 10.3. The Balaban J connectivity index is 4.36. The fraction of sp³-hybridized carbons (Fsp3) is 0.750. The number of hydrogen-bond acceptors (Lipinski definition) is 5. The van der Waals surface area contributed by atoms with Crippen LogP contribution in [0.5, 0.6) is 0 Å². The average molecular weight is 238 g/mol. The second kappa shape index (κ2) is 5.87. The molecule has 0 N–H and O–H groups in total. The van der Waals surface area contributed by atoms with Gasteiger partial charge in [-0.25, -0.2) is 4.79 Å². The highest BCUT2D eigenvalue weighted by molar-refractivity contribution is 8.15. The Bertz CT molecular complexity index is 144. The molecular weight excluding hydrogens is 233 g/mol. The fourth-order valence-corrected chi connectivity index (χ4v) is 1.25. The highest BCUT2D eigenvalue weighted by Crippen LogP contribution is 2.43. The van der Waals surface area contributed by atoms with Crippen LogP contribution >= 0.6 is 36.7 Å². The molecule has 0 saturated heterocycles. The molecule has 0 aromatic heterocycles. The van der Waals surface area contributed by atoms with Gasteiger partial charge in [-0.3, -0.25) is 0 Å². The van der Waals surface area contributed by atoms with Gasteiger partial charge in [0.2, 0.25) is 4.08 Å². The third kappa shape index (κ3) is 2.67. The molecule has 0 unspecified atom stereocenters. The van der Waals surface area contributed by atoms with Crippen LogP contribution in [0, 0.1) is 0 Å². The van der Waals surface area contributed by atoms with E-state index in [2.05, 4.69) is 4.18 Å². The van der Waals surface area contributed by atoms with Gasteiger partial charge in [0, 0.05) is 0 Å². The van der Waals surface area contributed by atoms with Gasteiger partial charge < -0.3 is 4.18 Å². The zero-order valence-electron chi connectivity index (χ0n) is 5.88. The van der Waals surface area contributed by atoms with Gasteiger partial charge in [0.1, 0.15) is 0 Å². The summed E-state index contributed by atoms with van der Waals surface area (Å²) < 4.78 is 37.4. The summed E-state index contributed by atoms with van der Waals surface area (Å²) in [6.45, 7) is 1.39. The summed E-state index contributed by atoms with van der Waals surface area (Å²) >= 11 is -1.73. The van der Waals surface area contributed by atoms with E-state index >= 15 is 0 Å². The Morgan fingerprint density at radius 3 is 2.17 bits per heavy atom. The van der Waals surface area contributed by atoms with Gasteiger partial charge in [-0.05, 0) is 6.42 Å². The van der Waals surface area contributed by atoms with Gasteiger partial charge >= 0.3 is 5.97 Å². The molecule has 0 atom stereocenters. The number of hydrogen-bond donors (Lipinski definition) is 0. The van der Waals surface area contributed by atoms with Crippen molar-refractivity contribution >= 4 is 42.7 Å². The first-order chi connectivity index (χ1) is 5.66. The first kappa shape index (κ1) is 12.3. The molecule has 0 radical (unpaired) electrons. The molecule has 0 aliphatic heterocycles. The van der Waals surface area contributed by atoms with Crippen molar-refractivity contribution in [3.8, 4) is 0 Å². The third-order valence-electron chi connectivity index (χ3n) is 1.13. The predicted molar refractivity (Wildman–Crippen MR) is 45.2 cm³/mol. The number of carbonyl (C=O) groups is 1. The summed E-state index contributed by atoms with van der Waals surface area (Å²) in [7, 11) is 0. The number of rotatable bonds is 5. The molecule has 12 heavy (non-hydrogen) atoms. The third-order valence-corrected chi connectivity index (χ3v) is 3.13. The molecule has 0 fully saturated rings. The molecule has 0 saturated carbocycles. The molecule has 0 rings (SSSR count). The van der Waals surface area contributed by atoms with E-state index in [1.807, 2.05) is 0 Å². The molecule has 72 valence electrons. The minimum absolute atomic E-state index is 0.130. The van der Waals surface area contributed by atoms with Crippen LogP contribution < -0.4 is 0 Å². The van der Waals surface area contributed by atoms with Gasteiger partial charge in [0.25, 0.3) is 12.4 Å². The van der Waals surface area contributed by atoms with Crippen LogP contribution in [0.2, 0.25) is 0 Å². The molecule has 0 amide bonds. The van der Waals surface area contributed by atoms with E-state index in [9.17, 15) is 16.5 Å². The highest BCUT2D eigenvalue weighted by atomic mass is 32.2. The van der Waals surface area contributed by atoms with Crippen molar-refractivity contribution in [1.82, 2.24) is 0 Å². The maximum Gasteiger partial charge on any atom is 0.352 e. The van der Waals surface area contributed by atoms with Gasteiger partial charge in [-0.1, -0.05) is 6.92 Å². The summed E-state index contributed by atoms with van der Waals surface area (Å²) in [5.74, 6) is -1.27. The Morgan fingerprint density at radius 1 is 1.42 bits per heavy atom. The van der Waals surface area contributed by atoms with Gasteiger partial charge in [-0.2, -0.15) is 7.77 Å². The summed E-state index contributed by atoms with van der Waals surface area (Å²) in [5.41, 5.74) is 0. The molecular formula is C4H5F3O2S3. The van der Waals surface area contributed by atoms with Crippen LogP contribution in [0.25, 0.3) is 0 Å². The molecule has 0 aromatic rings. The largest absolute Gasteiger partial charge is 0.358 e. The predicted octanol–water partition coefficient (Wildman–Crippen LogP) is 3.40. The van der Waals surface area contributed by atoms with Gasteiger partial charge in [0.15, 0.2) is 0 Å². The lowest BCUT2D eigenvalue weighted by molar-refractivity contribution is -0.133. The second-order valence-corrected chi connectivity index (χ2v) is 3.95. The minimum Gasteiger partial charge on any atom is -0.358 e. The van der Waals surface area contributed by atoms with Crippen molar-refractivity contribution in [3.63, 3.8) is 0 Å². The summed E-state index contributed by atoms with van der Waals surface area (Å²) in [6, 6.07) is 0.